The summed E-state index contributed by atoms with van der Waals surface area (Å²) < 4.78 is 51.2. The summed E-state index contributed by atoms with van der Waals surface area (Å²) in [5.74, 6) is -1.20. The molecule has 5 rings (SSSR count). The predicted molar refractivity (Wildman–Crippen MR) is 143 cm³/mol. The summed E-state index contributed by atoms with van der Waals surface area (Å²) in [5.41, 5.74) is 7.89. The molecule has 0 aliphatic heterocycles. The van der Waals surface area contributed by atoms with Gasteiger partial charge in [-0.2, -0.15) is 0 Å². The Labute approximate surface area is 225 Å². The standard InChI is InChI=1S/C27H22N4O6S2/c32-26(18-7-3-1-4-8-18)28-30-38(34,35)22-11-13-24-20(16-22)15-21-17-23(12-14-25(21)24)39(36,37)31-29-27(33)19-9-5-2-6-10-19/h1-14,16-17,30-31H,15H2,(H,28,32)(H,29,33). The maximum Gasteiger partial charge on any atom is 0.266 e. The Hall–Kier alpha value is -4.36. The van der Waals surface area contributed by atoms with E-state index < -0.39 is 31.9 Å². The molecule has 2 amide bonds. The van der Waals surface area contributed by atoms with Crippen molar-refractivity contribution in [1.29, 1.82) is 0 Å². The second kappa shape index (κ2) is 10.4. The number of rotatable bonds is 8. The van der Waals surface area contributed by atoms with Gasteiger partial charge in [0.25, 0.3) is 31.9 Å². The van der Waals surface area contributed by atoms with Crippen LogP contribution in [-0.4, -0.2) is 28.6 Å². The molecule has 0 unspecified atom stereocenters. The van der Waals surface area contributed by atoms with Gasteiger partial charge in [-0.3, -0.25) is 20.4 Å². The Morgan fingerprint density at radius 2 is 0.923 bits per heavy atom. The largest absolute Gasteiger partial charge is 0.273 e. The number of carbonyl (C=O) groups excluding carboxylic acids is 2. The van der Waals surface area contributed by atoms with Crippen molar-refractivity contribution in [3.63, 3.8) is 0 Å². The summed E-state index contributed by atoms with van der Waals surface area (Å²) in [6.45, 7) is 0. The van der Waals surface area contributed by atoms with E-state index in [1.165, 1.54) is 24.3 Å². The van der Waals surface area contributed by atoms with Gasteiger partial charge < -0.3 is 0 Å². The molecule has 12 heteroatoms. The number of hydrazine groups is 2. The van der Waals surface area contributed by atoms with Crippen LogP contribution in [0.4, 0.5) is 0 Å². The molecule has 0 heterocycles. The minimum Gasteiger partial charge on any atom is -0.273 e. The molecule has 0 spiro atoms. The van der Waals surface area contributed by atoms with E-state index in [9.17, 15) is 26.4 Å². The monoisotopic (exact) mass is 562 g/mol. The first-order chi connectivity index (χ1) is 18.6. The summed E-state index contributed by atoms with van der Waals surface area (Å²) in [5, 5.41) is 0. The van der Waals surface area contributed by atoms with Crippen molar-refractivity contribution in [2.45, 2.75) is 16.2 Å². The lowest BCUT2D eigenvalue weighted by molar-refractivity contribution is 0.0937. The van der Waals surface area contributed by atoms with Crippen LogP contribution in [0.25, 0.3) is 11.1 Å². The van der Waals surface area contributed by atoms with Gasteiger partial charge in [0.1, 0.15) is 0 Å². The van der Waals surface area contributed by atoms with Crippen LogP contribution < -0.4 is 20.5 Å². The highest BCUT2D eigenvalue weighted by Gasteiger charge is 2.25. The maximum atomic E-state index is 12.8. The van der Waals surface area contributed by atoms with E-state index in [2.05, 4.69) is 20.5 Å². The number of fused-ring (bicyclic) bond motifs is 3. The summed E-state index contributed by atoms with van der Waals surface area (Å²) in [6.07, 6.45) is 0.296. The Kier molecular flexibility index (Phi) is 7.02. The third-order valence-corrected chi connectivity index (χ3v) is 8.61. The van der Waals surface area contributed by atoms with Gasteiger partial charge in [0.15, 0.2) is 0 Å². The highest BCUT2D eigenvalue weighted by molar-refractivity contribution is 7.89. The third kappa shape index (κ3) is 5.59. The van der Waals surface area contributed by atoms with Crippen molar-refractivity contribution in [3.8, 4) is 11.1 Å². The quantitative estimate of drug-likeness (QED) is 0.214. The lowest BCUT2D eigenvalue weighted by Crippen LogP contribution is -2.41. The first-order valence-corrected chi connectivity index (χ1v) is 14.6. The number of hydrogen-bond donors (Lipinski definition) is 4. The second-order valence-corrected chi connectivity index (χ2v) is 12.0. The molecule has 0 bridgehead atoms. The van der Waals surface area contributed by atoms with Crippen molar-refractivity contribution in [2.75, 3.05) is 0 Å². The maximum absolute atomic E-state index is 12.8. The van der Waals surface area contributed by atoms with E-state index in [0.717, 1.165) is 11.1 Å². The van der Waals surface area contributed by atoms with E-state index in [1.807, 2.05) is 0 Å². The zero-order chi connectivity index (χ0) is 27.6. The van der Waals surface area contributed by atoms with Gasteiger partial charge in [-0.15, -0.1) is 9.66 Å². The molecule has 198 valence electrons. The smallest absolute Gasteiger partial charge is 0.266 e. The van der Waals surface area contributed by atoms with E-state index in [0.29, 0.717) is 28.7 Å². The van der Waals surface area contributed by atoms with Gasteiger partial charge in [0, 0.05) is 11.1 Å². The Bertz CT molecular complexity index is 1660. The molecule has 0 radical (unpaired) electrons. The fourth-order valence-corrected chi connectivity index (χ4v) is 5.95. The Morgan fingerprint density at radius 1 is 0.538 bits per heavy atom. The molecular formula is C27H22N4O6S2. The molecule has 1 aliphatic rings. The average molecular weight is 563 g/mol. The summed E-state index contributed by atoms with van der Waals surface area (Å²) in [6, 6.07) is 25.4. The lowest BCUT2D eigenvalue weighted by atomic mass is 10.1. The van der Waals surface area contributed by atoms with Crippen molar-refractivity contribution in [3.05, 3.63) is 119 Å². The topological polar surface area (TPSA) is 151 Å². The molecule has 0 atom stereocenters. The molecule has 0 saturated carbocycles. The van der Waals surface area contributed by atoms with Crippen molar-refractivity contribution in [1.82, 2.24) is 20.5 Å². The molecule has 0 aromatic heterocycles. The summed E-state index contributed by atoms with van der Waals surface area (Å²) in [7, 11) is -8.14. The Balaban J connectivity index is 1.29. The zero-order valence-electron chi connectivity index (χ0n) is 20.2. The van der Waals surface area contributed by atoms with Gasteiger partial charge in [0.05, 0.1) is 9.79 Å². The van der Waals surface area contributed by atoms with Crippen LogP contribution in [-0.2, 0) is 26.5 Å². The first-order valence-electron chi connectivity index (χ1n) is 11.6. The molecule has 0 saturated heterocycles. The summed E-state index contributed by atoms with van der Waals surface area (Å²) in [4.78, 5) is 28.5. The van der Waals surface area contributed by atoms with E-state index in [4.69, 9.17) is 0 Å². The van der Waals surface area contributed by atoms with Gasteiger partial charge in [-0.05, 0) is 77.2 Å². The van der Waals surface area contributed by atoms with E-state index in [1.54, 1.807) is 72.8 Å². The molecule has 4 aromatic carbocycles. The number of nitrogens with one attached hydrogen (secondary N) is 4. The second-order valence-electron chi connectivity index (χ2n) is 8.67. The number of benzene rings is 4. The van der Waals surface area contributed by atoms with Crippen LogP contribution in [0.2, 0.25) is 0 Å². The van der Waals surface area contributed by atoms with Crippen LogP contribution in [0.1, 0.15) is 31.8 Å². The molecule has 1 aliphatic carbocycles. The van der Waals surface area contributed by atoms with Gasteiger partial charge in [0.2, 0.25) is 0 Å². The number of carbonyl (C=O) groups is 2. The van der Waals surface area contributed by atoms with Crippen LogP contribution in [0.3, 0.4) is 0 Å². The predicted octanol–water partition coefficient (Wildman–Crippen LogP) is 2.50. The number of sulfonamides is 2. The van der Waals surface area contributed by atoms with Crippen LogP contribution >= 0.6 is 0 Å². The van der Waals surface area contributed by atoms with Crippen LogP contribution in [0.5, 0.6) is 0 Å². The number of hydrogen-bond acceptors (Lipinski definition) is 6. The normalized spacial score (nSPS) is 12.3. The minimum atomic E-state index is -4.07. The fourth-order valence-electron chi connectivity index (χ4n) is 4.17. The third-order valence-electron chi connectivity index (χ3n) is 6.11. The van der Waals surface area contributed by atoms with Crippen molar-refractivity contribution < 1.29 is 26.4 Å². The first kappa shape index (κ1) is 26.3. The SMILES string of the molecule is O=C(NNS(=O)(=O)c1ccc2c(c1)Cc1cc(S(=O)(=O)NNC(=O)c3ccccc3)ccc1-2)c1ccccc1. The highest BCUT2D eigenvalue weighted by Crippen LogP contribution is 2.38. The zero-order valence-corrected chi connectivity index (χ0v) is 21.8. The van der Waals surface area contributed by atoms with Gasteiger partial charge in [-0.1, -0.05) is 48.5 Å². The Morgan fingerprint density at radius 3 is 1.31 bits per heavy atom. The molecule has 4 N–H and O–H groups in total. The van der Waals surface area contributed by atoms with Crippen LogP contribution in [0, 0.1) is 0 Å². The van der Waals surface area contributed by atoms with Crippen molar-refractivity contribution >= 4 is 31.9 Å². The van der Waals surface area contributed by atoms with Crippen LogP contribution in [0.15, 0.2) is 107 Å². The molecule has 4 aromatic rings. The molecule has 10 nitrogen and oxygen atoms in total. The van der Waals surface area contributed by atoms with Crippen molar-refractivity contribution in [2.24, 2.45) is 0 Å². The van der Waals surface area contributed by atoms with Gasteiger partial charge in [-0.25, -0.2) is 16.8 Å². The minimum absolute atomic E-state index is 0.0550. The fraction of sp³-hybridized carbons (Fsp3) is 0.0370. The van der Waals surface area contributed by atoms with Gasteiger partial charge >= 0.3 is 0 Å². The van der Waals surface area contributed by atoms with E-state index >= 15 is 0 Å². The number of amides is 2. The van der Waals surface area contributed by atoms with E-state index in [-0.39, 0.29) is 9.79 Å². The summed E-state index contributed by atoms with van der Waals surface area (Å²) >= 11 is 0. The molecule has 0 fully saturated rings. The average Bonchev–Trinajstić information content (AvgIpc) is 3.33. The molecule has 39 heavy (non-hydrogen) atoms. The lowest BCUT2D eigenvalue weighted by Gasteiger charge is -2.10. The highest BCUT2D eigenvalue weighted by atomic mass is 32.2. The molecular weight excluding hydrogens is 540 g/mol.